The molecule has 1 unspecified atom stereocenters. The zero-order chi connectivity index (χ0) is 17.9. The Morgan fingerprint density at radius 3 is 2.85 bits per heavy atom. The maximum atomic E-state index is 14.7. The topological polar surface area (TPSA) is 49.2 Å². The molecule has 0 radical (unpaired) electrons. The van der Waals surface area contributed by atoms with Crippen LogP contribution < -0.4 is 4.90 Å². The summed E-state index contributed by atoms with van der Waals surface area (Å²) in [4.78, 5) is 10.2. The summed E-state index contributed by atoms with van der Waals surface area (Å²) in [5, 5.41) is 5.31. The number of hydrogen-bond donors (Lipinski definition) is 1. The molecule has 1 atom stereocenters. The molecule has 1 N–H and O–H groups in total. The molecule has 1 fully saturated rings. The number of aliphatic imine (C=N–C) groups is 1. The van der Waals surface area contributed by atoms with Gasteiger partial charge < -0.3 is 9.88 Å². The van der Waals surface area contributed by atoms with Crippen LogP contribution in [0.2, 0.25) is 0 Å². The Morgan fingerprint density at radius 2 is 2.04 bits per heavy atom. The van der Waals surface area contributed by atoms with Gasteiger partial charge in [0.25, 0.3) is 0 Å². The van der Waals surface area contributed by atoms with E-state index < -0.39 is 0 Å². The van der Waals surface area contributed by atoms with Crippen LogP contribution in [0, 0.1) is 5.82 Å². The van der Waals surface area contributed by atoms with E-state index in [1.54, 1.807) is 10.7 Å². The van der Waals surface area contributed by atoms with Crippen LogP contribution in [-0.2, 0) is 7.05 Å². The molecule has 6 heteroatoms. The van der Waals surface area contributed by atoms with Crippen LogP contribution in [-0.4, -0.2) is 26.5 Å². The second kappa shape index (κ2) is 5.43. The van der Waals surface area contributed by atoms with Gasteiger partial charge in [0.1, 0.15) is 17.6 Å². The van der Waals surface area contributed by atoms with E-state index in [4.69, 9.17) is 5.10 Å². The highest BCUT2D eigenvalue weighted by Crippen LogP contribution is 2.48. The first kappa shape index (κ1) is 15.6. The van der Waals surface area contributed by atoms with Gasteiger partial charge in [-0.2, -0.15) is 5.10 Å². The summed E-state index contributed by atoms with van der Waals surface area (Å²) < 4.78 is 16.5. The van der Waals surface area contributed by atoms with Crippen LogP contribution in [0.1, 0.15) is 44.3 Å². The number of nitrogens with one attached hydrogen (secondary N) is 1. The Kier molecular flexibility index (Phi) is 3.26. The first-order chi connectivity index (χ1) is 12.6. The molecule has 1 aliphatic heterocycles. The molecule has 0 saturated heterocycles. The number of aryl methyl sites for hydroxylation is 1. The van der Waals surface area contributed by atoms with E-state index in [0.29, 0.717) is 5.39 Å². The normalized spacial score (nSPS) is 21.5. The third-order valence-electron chi connectivity index (χ3n) is 5.98. The van der Waals surface area contributed by atoms with Gasteiger partial charge in [0.15, 0.2) is 5.82 Å². The Morgan fingerprint density at radius 1 is 1.23 bits per heavy atom. The maximum Gasteiger partial charge on any atom is 0.153 e. The average Bonchev–Trinajstić information content (AvgIpc) is 3.34. The summed E-state index contributed by atoms with van der Waals surface area (Å²) >= 11 is 0. The molecule has 5 nitrogen and oxygen atoms in total. The fourth-order valence-electron chi connectivity index (χ4n) is 4.72. The monoisotopic (exact) mass is 351 g/mol. The zero-order valence-electron chi connectivity index (χ0n) is 15.0. The zero-order valence-corrected chi connectivity index (χ0v) is 15.0. The quantitative estimate of drug-likeness (QED) is 0.731. The molecule has 0 amide bonds. The number of hydrogen-bond acceptors (Lipinski definition) is 3. The number of fused-ring (bicyclic) bond motifs is 2. The Balaban J connectivity index is 1.73. The van der Waals surface area contributed by atoms with Gasteiger partial charge in [-0.15, -0.1) is 0 Å². The van der Waals surface area contributed by atoms with Crippen molar-refractivity contribution in [3.05, 3.63) is 42.0 Å². The van der Waals surface area contributed by atoms with E-state index in [1.165, 1.54) is 18.9 Å². The lowest BCUT2D eigenvalue weighted by Gasteiger charge is -2.45. The summed E-state index contributed by atoms with van der Waals surface area (Å²) in [7, 11) is 1.87. The molecular formula is C20H22FN5. The summed E-state index contributed by atoms with van der Waals surface area (Å²) in [5.74, 6) is 0.644. The van der Waals surface area contributed by atoms with Gasteiger partial charge in [0, 0.05) is 25.0 Å². The van der Waals surface area contributed by atoms with Crippen molar-refractivity contribution in [1.29, 1.82) is 0 Å². The van der Waals surface area contributed by atoms with E-state index in [9.17, 15) is 4.39 Å². The van der Waals surface area contributed by atoms with E-state index in [-0.39, 0.29) is 17.4 Å². The van der Waals surface area contributed by atoms with Crippen molar-refractivity contribution in [2.75, 3.05) is 4.90 Å². The van der Waals surface area contributed by atoms with Crippen molar-refractivity contribution in [2.24, 2.45) is 12.0 Å². The summed E-state index contributed by atoms with van der Waals surface area (Å²) in [6.07, 6.45) is 8.51. The van der Waals surface area contributed by atoms with Crippen LogP contribution >= 0.6 is 0 Å². The van der Waals surface area contributed by atoms with E-state index in [2.05, 4.69) is 27.9 Å². The highest BCUT2D eigenvalue weighted by molar-refractivity contribution is 5.91. The molecular weight excluding hydrogens is 329 g/mol. The van der Waals surface area contributed by atoms with Gasteiger partial charge in [0.05, 0.1) is 16.6 Å². The van der Waals surface area contributed by atoms with Crippen LogP contribution in [0.3, 0.4) is 0 Å². The van der Waals surface area contributed by atoms with Crippen LogP contribution in [0.4, 0.5) is 15.9 Å². The van der Waals surface area contributed by atoms with Crippen LogP contribution in [0.25, 0.3) is 10.9 Å². The third kappa shape index (κ3) is 2.08. The smallest absolute Gasteiger partial charge is 0.153 e. The summed E-state index contributed by atoms with van der Waals surface area (Å²) in [6.45, 7) is 2.31. The maximum absolute atomic E-state index is 14.7. The highest BCUT2D eigenvalue weighted by atomic mass is 19.1. The molecule has 3 aromatic rings. The van der Waals surface area contributed by atoms with Crippen molar-refractivity contribution in [1.82, 2.24) is 14.8 Å². The van der Waals surface area contributed by atoms with Crippen molar-refractivity contribution in [3.63, 3.8) is 0 Å². The van der Waals surface area contributed by atoms with E-state index in [0.717, 1.165) is 35.6 Å². The van der Waals surface area contributed by atoms with Crippen molar-refractivity contribution < 1.29 is 4.39 Å². The lowest BCUT2D eigenvalue weighted by Crippen LogP contribution is -2.48. The van der Waals surface area contributed by atoms with Crippen LogP contribution in [0.5, 0.6) is 0 Å². The minimum absolute atomic E-state index is 0.0170. The number of aromatic nitrogens is 3. The first-order valence-electron chi connectivity index (χ1n) is 9.20. The average molecular weight is 351 g/mol. The Labute approximate surface area is 151 Å². The largest absolute Gasteiger partial charge is 0.349 e. The minimum atomic E-state index is -0.226. The molecule has 26 heavy (non-hydrogen) atoms. The van der Waals surface area contributed by atoms with Crippen molar-refractivity contribution in [2.45, 2.75) is 44.2 Å². The van der Waals surface area contributed by atoms with Gasteiger partial charge in [-0.1, -0.05) is 18.9 Å². The molecule has 134 valence electrons. The number of halogens is 1. The van der Waals surface area contributed by atoms with Gasteiger partial charge in [0.2, 0.25) is 0 Å². The summed E-state index contributed by atoms with van der Waals surface area (Å²) in [6, 6.07) is 7.05. The van der Waals surface area contributed by atoms with Gasteiger partial charge in [-0.05, 0) is 38.0 Å². The molecule has 2 aliphatic rings. The number of benzene rings is 1. The Bertz CT molecular complexity index is 1010. The number of aromatic amines is 1. The Hall–Kier alpha value is -2.63. The van der Waals surface area contributed by atoms with E-state index in [1.807, 2.05) is 25.5 Å². The molecule has 0 spiro atoms. The lowest BCUT2D eigenvalue weighted by molar-refractivity contribution is 0.416. The second-order valence-electron chi connectivity index (χ2n) is 7.65. The van der Waals surface area contributed by atoms with Crippen molar-refractivity contribution >= 4 is 28.6 Å². The minimum Gasteiger partial charge on any atom is -0.349 e. The number of anilines is 1. The van der Waals surface area contributed by atoms with Gasteiger partial charge in [-0.3, -0.25) is 4.68 Å². The fraction of sp³-hybridized carbons (Fsp3) is 0.400. The number of nitrogens with zero attached hydrogens (tertiary/aromatic N) is 4. The van der Waals surface area contributed by atoms with Gasteiger partial charge in [-0.25, -0.2) is 9.38 Å². The fourth-order valence-corrected chi connectivity index (χ4v) is 4.72. The first-order valence-corrected chi connectivity index (χ1v) is 9.20. The molecule has 5 rings (SSSR count). The van der Waals surface area contributed by atoms with E-state index >= 15 is 0 Å². The third-order valence-corrected chi connectivity index (χ3v) is 5.98. The lowest BCUT2D eigenvalue weighted by atomic mass is 9.92. The highest BCUT2D eigenvalue weighted by Gasteiger charge is 2.43. The van der Waals surface area contributed by atoms with Gasteiger partial charge >= 0.3 is 0 Å². The predicted octanol–water partition coefficient (Wildman–Crippen LogP) is 4.64. The van der Waals surface area contributed by atoms with Crippen molar-refractivity contribution in [3.8, 4) is 0 Å². The summed E-state index contributed by atoms with van der Waals surface area (Å²) in [5.41, 5.74) is 2.65. The SMILES string of the molecule is Cn1nc(C2C=Nc3[nH]ccc3N2C2(C)CCCC2)c2c(F)cccc21. The molecule has 2 aromatic heterocycles. The number of rotatable bonds is 2. The second-order valence-corrected chi connectivity index (χ2v) is 7.65. The van der Waals surface area contributed by atoms with Crippen LogP contribution in [0.15, 0.2) is 35.5 Å². The molecule has 3 heterocycles. The molecule has 0 bridgehead atoms. The standard InChI is InChI=1S/C20H22FN5/c1-20(9-3-4-10-20)26-15-8-11-22-19(15)23-12-16(26)18-17-13(21)6-5-7-14(17)25(2)24-18/h5-8,11-12,16,22H,3-4,9-10H2,1-2H3. The molecule has 1 aromatic carbocycles. The predicted molar refractivity (Wildman–Crippen MR) is 102 cm³/mol. The number of H-pyrrole nitrogens is 1. The molecule has 1 saturated carbocycles. The molecule has 1 aliphatic carbocycles.